The summed E-state index contributed by atoms with van der Waals surface area (Å²) in [6.07, 6.45) is 3.14. The number of hydrogen-bond acceptors (Lipinski definition) is 4. The molecule has 1 aromatic carbocycles. The number of carbonyl (C=O) groups is 1. The van der Waals surface area contributed by atoms with E-state index in [4.69, 9.17) is 13.8 Å². The number of rotatable bonds is 5. The topological polar surface area (TPSA) is 44.8 Å². The van der Waals surface area contributed by atoms with Crippen LogP contribution in [0, 0.1) is 0 Å². The van der Waals surface area contributed by atoms with E-state index < -0.39 is 14.0 Å². The van der Waals surface area contributed by atoms with Gasteiger partial charge in [-0.15, -0.1) is 0 Å². The molecule has 0 bridgehead atoms. The molecule has 0 atom stereocenters. The van der Waals surface area contributed by atoms with E-state index in [0.717, 1.165) is 10.9 Å². The fourth-order valence-electron chi connectivity index (χ4n) is 1.53. The Balaban J connectivity index is 2.78. The zero-order valence-corrected chi connectivity index (χ0v) is 13.4. The Morgan fingerprint density at radius 2 is 1.85 bits per heavy atom. The maximum atomic E-state index is 11.6. The highest BCUT2D eigenvalue weighted by molar-refractivity contribution is 7.55. The van der Waals surface area contributed by atoms with Gasteiger partial charge in [-0.3, -0.25) is 0 Å². The van der Waals surface area contributed by atoms with Crippen LogP contribution in [0.25, 0.3) is 6.08 Å². The monoisotopic (exact) mass is 296 g/mol. The van der Waals surface area contributed by atoms with Crippen molar-refractivity contribution in [2.24, 2.45) is 0 Å². The summed E-state index contributed by atoms with van der Waals surface area (Å²) < 4.78 is 15.7. The molecule has 0 radical (unpaired) electrons. The van der Waals surface area contributed by atoms with E-state index in [1.54, 1.807) is 20.3 Å². The van der Waals surface area contributed by atoms with Crippen LogP contribution < -0.4 is 5.30 Å². The maximum absolute atomic E-state index is 11.6. The molecule has 20 heavy (non-hydrogen) atoms. The first-order valence-corrected chi connectivity index (χ1v) is 7.43. The molecular formula is C15H21O4P. The Hall–Kier alpha value is -1.22. The summed E-state index contributed by atoms with van der Waals surface area (Å²) in [7, 11) is 2.15. The Morgan fingerprint density at radius 3 is 2.40 bits per heavy atom. The van der Waals surface area contributed by atoms with Gasteiger partial charge in [0.15, 0.2) is 0 Å². The first kappa shape index (κ1) is 16.8. The molecule has 110 valence electrons. The van der Waals surface area contributed by atoms with Crippen molar-refractivity contribution in [3.8, 4) is 0 Å². The van der Waals surface area contributed by atoms with Crippen molar-refractivity contribution in [3.63, 3.8) is 0 Å². The third kappa shape index (κ3) is 5.83. The van der Waals surface area contributed by atoms with Crippen LogP contribution in [0.2, 0.25) is 0 Å². The largest absolute Gasteiger partial charge is 0.457 e. The van der Waals surface area contributed by atoms with Crippen molar-refractivity contribution >= 4 is 25.7 Å². The van der Waals surface area contributed by atoms with Crippen LogP contribution in [-0.2, 0) is 18.6 Å². The lowest BCUT2D eigenvalue weighted by molar-refractivity contribution is -0.148. The Labute approximate surface area is 121 Å². The summed E-state index contributed by atoms with van der Waals surface area (Å²) >= 11 is 0. The van der Waals surface area contributed by atoms with E-state index in [9.17, 15) is 4.79 Å². The lowest BCUT2D eigenvalue weighted by Crippen LogP contribution is -2.22. The summed E-state index contributed by atoms with van der Waals surface area (Å²) in [5, 5.41) is 0.955. The van der Waals surface area contributed by atoms with Crippen LogP contribution in [0.5, 0.6) is 0 Å². The molecule has 0 unspecified atom stereocenters. The van der Waals surface area contributed by atoms with Gasteiger partial charge in [0.05, 0.1) is 0 Å². The Morgan fingerprint density at radius 1 is 1.20 bits per heavy atom. The van der Waals surface area contributed by atoms with Crippen LogP contribution in [0.3, 0.4) is 0 Å². The van der Waals surface area contributed by atoms with E-state index in [1.165, 1.54) is 6.08 Å². The van der Waals surface area contributed by atoms with Gasteiger partial charge in [0.2, 0.25) is 8.38 Å². The highest BCUT2D eigenvalue weighted by atomic mass is 31.2. The summed E-state index contributed by atoms with van der Waals surface area (Å²) in [5.41, 5.74) is 0.416. The molecule has 4 nitrogen and oxygen atoms in total. The minimum absolute atomic E-state index is 0.358. The van der Waals surface area contributed by atoms with Crippen molar-refractivity contribution in [1.29, 1.82) is 0 Å². The summed E-state index contributed by atoms with van der Waals surface area (Å²) in [4.78, 5) is 11.6. The molecule has 0 aliphatic rings. The molecule has 1 rings (SSSR count). The fraction of sp³-hybridized carbons (Fsp3) is 0.400. The SMILES string of the molecule is COP(OC)c1cccc(/C=C/C(=O)OC(C)(C)C)c1. The van der Waals surface area contributed by atoms with Gasteiger partial charge < -0.3 is 13.8 Å². The van der Waals surface area contributed by atoms with Gasteiger partial charge in [-0.2, -0.15) is 0 Å². The number of carbonyl (C=O) groups excluding carboxylic acids is 1. The number of hydrogen-bond donors (Lipinski definition) is 0. The van der Waals surface area contributed by atoms with Crippen molar-refractivity contribution in [1.82, 2.24) is 0 Å². The second-order valence-electron chi connectivity index (χ2n) is 5.08. The minimum Gasteiger partial charge on any atom is -0.457 e. The zero-order chi connectivity index (χ0) is 15.2. The quantitative estimate of drug-likeness (QED) is 0.475. The highest BCUT2D eigenvalue weighted by Gasteiger charge is 2.14. The Kier molecular flexibility index (Phi) is 6.34. The normalized spacial score (nSPS) is 12.1. The van der Waals surface area contributed by atoms with Gasteiger partial charge in [0, 0.05) is 25.6 Å². The number of esters is 1. The lowest BCUT2D eigenvalue weighted by atomic mass is 10.2. The van der Waals surface area contributed by atoms with Crippen molar-refractivity contribution in [3.05, 3.63) is 35.9 Å². The van der Waals surface area contributed by atoms with Crippen LogP contribution in [0.4, 0.5) is 0 Å². The smallest absolute Gasteiger partial charge is 0.331 e. The summed E-state index contributed by atoms with van der Waals surface area (Å²) in [6.45, 7) is 5.51. The van der Waals surface area contributed by atoms with Gasteiger partial charge in [-0.25, -0.2) is 4.79 Å². The molecule has 0 heterocycles. The zero-order valence-electron chi connectivity index (χ0n) is 12.5. The van der Waals surface area contributed by atoms with Crippen LogP contribution in [0.15, 0.2) is 30.3 Å². The van der Waals surface area contributed by atoms with Gasteiger partial charge in [0.25, 0.3) is 0 Å². The molecule has 0 spiro atoms. The lowest BCUT2D eigenvalue weighted by Gasteiger charge is -2.17. The van der Waals surface area contributed by atoms with Crippen LogP contribution >= 0.6 is 8.38 Å². The predicted molar refractivity (Wildman–Crippen MR) is 81.9 cm³/mol. The summed E-state index contributed by atoms with van der Waals surface area (Å²) in [5.74, 6) is -0.358. The average Bonchev–Trinajstić information content (AvgIpc) is 2.36. The predicted octanol–water partition coefficient (Wildman–Crippen LogP) is 3.27. The summed E-state index contributed by atoms with van der Waals surface area (Å²) in [6, 6.07) is 7.67. The van der Waals surface area contributed by atoms with E-state index in [-0.39, 0.29) is 5.97 Å². The van der Waals surface area contributed by atoms with Crippen molar-refractivity contribution in [2.45, 2.75) is 26.4 Å². The van der Waals surface area contributed by atoms with Crippen molar-refractivity contribution < 1.29 is 18.6 Å². The molecule has 1 aromatic rings. The molecule has 0 N–H and O–H groups in total. The molecule has 0 aromatic heterocycles. The van der Waals surface area contributed by atoms with Crippen molar-refractivity contribution in [2.75, 3.05) is 14.2 Å². The molecule has 5 heteroatoms. The average molecular weight is 296 g/mol. The van der Waals surface area contributed by atoms with Gasteiger partial charge in [0.1, 0.15) is 5.60 Å². The first-order chi connectivity index (χ1) is 9.35. The third-order valence-corrected chi connectivity index (χ3v) is 3.59. The molecule has 0 fully saturated rings. The van der Waals surface area contributed by atoms with Gasteiger partial charge in [-0.05, 0) is 44.5 Å². The molecular weight excluding hydrogens is 275 g/mol. The third-order valence-electron chi connectivity index (χ3n) is 2.23. The highest BCUT2D eigenvalue weighted by Crippen LogP contribution is 2.34. The molecule has 0 saturated heterocycles. The molecule has 0 aliphatic carbocycles. The fourth-order valence-corrected chi connectivity index (χ4v) is 2.56. The second kappa shape index (κ2) is 7.53. The second-order valence-corrected chi connectivity index (χ2v) is 6.84. The number of benzene rings is 1. The first-order valence-electron chi connectivity index (χ1n) is 6.25. The molecule has 0 aliphatic heterocycles. The molecule has 0 amide bonds. The minimum atomic E-state index is -1.07. The number of ether oxygens (including phenoxy) is 1. The molecule has 0 saturated carbocycles. The van der Waals surface area contributed by atoms with E-state index in [2.05, 4.69) is 0 Å². The Bertz CT molecular complexity index is 473. The van der Waals surface area contributed by atoms with E-state index in [0.29, 0.717) is 0 Å². The van der Waals surface area contributed by atoms with Gasteiger partial charge >= 0.3 is 5.97 Å². The van der Waals surface area contributed by atoms with E-state index >= 15 is 0 Å². The van der Waals surface area contributed by atoms with Crippen LogP contribution in [-0.4, -0.2) is 25.8 Å². The van der Waals surface area contributed by atoms with E-state index in [1.807, 2.05) is 45.0 Å². The maximum Gasteiger partial charge on any atom is 0.331 e. The standard InChI is InChI=1S/C15H21O4P/c1-15(2,3)19-14(16)10-9-12-7-6-8-13(11-12)20(17-4)18-5/h6-11H,1-5H3/b10-9+. The van der Waals surface area contributed by atoms with Crippen LogP contribution in [0.1, 0.15) is 26.3 Å². The van der Waals surface area contributed by atoms with Gasteiger partial charge in [-0.1, -0.05) is 12.1 Å².